The Morgan fingerprint density at radius 2 is 2.19 bits per heavy atom. The van der Waals surface area contributed by atoms with Crippen molar-refractivity contribution in [3.63, 3.8) is 0 Å². The molecule has 3 heteroatoms. The molecule has 0 amide bonds. The van der Waals surface area contributed by atoms with Crippen LogP contribution in [0.25, 0.3) is 0 Å². The van der Waals surface area contributed by atoms with Crippen LogP contribution in [0.15, 0.2) is 0 Å². The van der Waals surface area contributed by atoms with Gasteiger partial charge in [-0.25, -0.2) is 0 Å². The van der Waals surface area contributed by atoms with Crippen LogP contribution in [0.5, 0.6) is 0 Å². The van der Waals surface area contributed by atoms with Crippen LogP contribution in [0.2, 0.25) is 0 Å². The van der Waals surface area contributed by atoms with Crippen molar-refractivity contribution >= 4 is 0 Å². The average Bonchev–Trinajstić information content (AvgIpc) is 2.29. The first-order chi connectivity index (χ1) is 7.74. The summed E-state index contributed by atoms with van der Waals surface area (Å²) in [6.07, 6.45) is 4.25. The molecule has 1 atom stereocenters. The summed E-state index contributed by atoms with van der Waals surface area (Å²) in [4.78, 5) is 2.59. The van der Waals surface area contributed by atoms with Crippen LogP contribution in [0.1, 0.15) is 40.0 Å². The van der Waals surface area contributed by atoms with E-state index in [-0.39, 0.29) is 0 Å². The van der Waals surface area contributed by atoms with Crippen molar-refractivity contribution in [3.8, 4) is 0 Å². The maximum absolute atomic E-state index is 5.65. The molecule has 1 aliphatic heterocycles. The number of ether oxygens (including phenoxy) is 1. The maximum atomic E-state index is 5.65. The molecule has 1 N–H and O–H groups in total. The van der Waals surface area contributed by atoms with Gasteiger partial charge in [0.15, 0.2) is 0 Å². The fourth-order valence-electron chi connectivity index (χ4n) is 2.31. The predicted molar refractivity (Wildman–Crippen MR) is 68.8 cm³/mol. The highest BCUT2D eigenvalue weighted by Crippen LogP contribution is 2.10. The van der Waals surface area contributed by atoms with E-state index >= 15 is 0 Å². The summed E-state index contributed by atoms with van der Waals surface area (Å²) in [5.41, 5.74) is 0. The number of nitrogens with zero attached hydrogens (tertiary/aromatic N) is 1. The largest absolute Gasteiger partial charge is 0.377 e. The van der Waals surface area contributed by atoms with Gasteiger partial charge in [-0.15, -0.1) is 0 Å². The maximum Gasteiger partial charge on any atom is 0.0597 e. The number of nitrogens with one attached hydrogen (secondary N) is 1. The Morgan fingerprint density at radius 3 is 2.75 bits per heavy atom. The number of hydrogen-bond acceptors (Lipinski definition) is 3. The quantitative estimate of drug-likeness (QED) is 0.720. The molecule has 1 unspecified atom stereocenters. The Labute approximate surface area is 101 Å². The second-order valence-electron chi connectivity index (χ2n) is 4.96. The Kier molecular flexibility index (Phi) is 7.01. The zero-order valence-corrected chi connectivity index (χ0v) is 11.2. The molecule has 3 nitrogen and oxygen atoms in total. The lowest BCUT2D eigenvalue weighted by molar-refractivity contribution is 0.0451. The second-order valence-corrected chi connectivity index (χ2v) is 4.96. The topological polar surface area (TPSA) is 24.5 Å². The lowest BCUT2D eigenvalue weighted by Gasteiger charge is -2.34. The molecule has 0 aromatic carbocycles. The van der Waals surface area contributed by atoms with Gasteiger partial charge >= 0.3 is 0 Å². The van der Waals surface area contributed by atoms with Gasteiger partial charge in [-0.3, -0.25) is 4.90 Å². The first-order valence-corrected chi connectivity index (χ1v) is 6.80. The zero-order valence-electron chi connectivity index (χ0n) is 11.2. The van der Waals surface area contributed by atoms with Crippen LogP contribution in [0, 0.1) is 0 Å². The van der Waals surface area contributed by atoms with E-state index in [9.17, 15) is 0 Å². The first-order valence-electron chi connectivity index (χ1n) is 6.80. The van der Waals surface area contributed by atoms with Crippen LogP contribution in [0.4, 0.5) is 0 Å². The van der Waals surface area contributed by atoms with Crippen LogP contribution in [0.3, 0.4) is 0 Å². The number of hydrogen-bond donors (Lipinski definition) is 1. The number of piperidine rings is 1. The van der Waals surface area contributed by atoms with E-state index in [1.54, 1.807) is 0 Å². The van der Waals surface area contributed by atoms with Gasteiger partial charge in [0.2, 0.25) is 0 Å². The van der Waals surface area contributed by atoms with E-state index in [1.807, 2.05) is 0 Å². The Hall–Kier alpha value is -0.120. The van der Waals surface area contributed by atoms with E-state index in [0.29, 0.717) is 6.10 Å². The Balaban J connectivity index is 2.27. The monoisotopic (exact) mass is 228 g/mol. The van der Waals surface area contributed by atoms with Crippen molar-refractivity contribution in [1.29, 1.82) is 0 Å². The highest BCUT2D eigenvalue weighted by molar-refractivity contribution is 4.78. The summed E-state index contributed by atoms with van der Waals surface area (Å²) in [6.45, 7) is 12.0. The third kappa shape index (κ3) is 5.28. The highest BCUT2D eigenvalue weighted by Gasteiger charge is 2.19. The minimum absolute atomic E-state index is 0.355. The molecule has 16 heavy (non-hydrogen) atoms. The van der Waals surface area contributed by atoms with Gasteiger partial charge < -0.3 is 10.1 Å². The summed E-state index contributed by atoms with van der Waals surface area (Å²) in [5.74, 6) is 0. The Bertz CT molecular complexity index is 167. The molecular weight excluding hydrogens is 200 g/mol. The van der Waals surface area contributed by atoms with Crippen molar-refractivity contribution < 1.29 is 4.74 Å². The molecule has 0 aromatic rings. The molecule has 1 heterocycles. The highest BCUT2D eigenvalue weighted by atomic mass is 16.5. The summed E-state index contributed by atoms with van der Waals surface area (Å²) >= 11 is 0. The molecule has 0 bridgehead atoms. The molecule has 1 aliphatic rings. The minimum atomic E-state index is 0.355. The van der Waals surface area contributed by atoms with Gasteiger partial charge in [0.25, 0.3) is 0 Å². The van der Waals surface area contributed by atoms with E-state index in [1.165, 1.54) is 32.4 Å². The summed E-state index contributed by atoms with van der Waals surface area (Å²) < 4.78 is 5.65. The molecule has 0 saturated carbocycles. The molecule has 1 fully saturated rings. The fourth-order valence-corrected chi connectivity index (χ4v) is 2.31. The molecule has 0 aliphatic carbocycles. The average molecular weight is 228 g/mol. The van der Waals surface area contributed by atoms with Crippen LogP contribution in [-0.2, 0) is 4.74 Å². The smallest absolute Gasteiger partial charge is 0.0597 e. The standard InChI is InChI=1S/C13H28N2O/c1-4-8-15(9-10-16-12(2)3)13-6-5-7-14-11-13/h12-14H,4-11H2,1-3H3. The SMILES string of the molecule is CCCN(CCOC(C)C)C1CCCNC1. The number of rotatable bonds is 7. The van der Waals surface area contributed by atoms with Crippen molar-refractivity contribution in [1.82, 2.24) is 10.2 Å². The first kappa shape index (κ1) is 13.9. The molecule has 96 valence electrons. The molecule has 0 aromatic heterocycles. The van der Waals surface area contributed by atoms with Gasteiger partial charge in [-0.2, -0.15) is 0 Å². The second kappa shape index (κ2) is 8.04. The van der Waals surface area contributed by atoms with Crippen molar-refractivity contribution in [2.75, 3.05) is 32.8 Å². The molecule has 1 rings (SSSR count). The zero-order chi connectivity index (χ0) is 11.8. The molecule has 0 radical (unpaired) electrons. The van der Waals surface area contributed by atoms with Crippen LogP contribution in [-0.4, -0.2) is 49.8 Å². The van der Waals surface area contributed by atoms with E-state index in [4.69, 9.17) is 4.74 Å². The minimum Gasteiger partial charge on any atom is -0.377 e. The van der Waals surface area contributed by atoms with Gasteiger partial charge in [-0.1, -0.05) is 6.92 Å². The van der Waals surface area contributed by atoms with E-state index in [2.05, 4.69) is 31.0 Å². The lowest BCUT2D eigenvalue weighted by Crippen LogP contribution is -2.47. The van der Waals surface area contributed by atoms with E-state index in [0.717, 1.165) is 25.7 Å². The Morgan fingerprint density at radius 1 is 1.38 bits per heavy atom. The molecular formula is C13H28N2O. The van der Waals surface area contributed by atoms with E-state index < -0.39 is 0 Å². The third-order valence-electron chi connectivity index (χ3n) is 3.13. The lowest BCUT2D eigenvalue weighted by atomic mass is 10.1. The molecule has 0 spiro atoms. The van der Waals surface area contributed by atoms with Crippen molar-refractivity contribution in [3.05, 3.63) is 0 Å². The predicted octanol–water partition coefficient (Wildman–Crippen LogP) is 1.88. The van der Waals surface area contributed by atoms with Gasteiger partial charge in [-0.05, 0) is 46.2 Å². The normalized spacial score (nSPS) is 21.9. The molecule has 1 saturated heterocycles. The van der Waals surface area contributed by atoms with Gasteiger partial charge in [0.05, 0.1) is 12.7 Å². The van der Waals surface area contributed by atoms with Gasteiger partial charge in [0, 0.05) is 19.1 Å². The van der Waals surface area contributed by atoms with Crippen molar-refractivity contribution in [2.24, 2.45) is 0 Å². The van der Waals surface area contributed by atoms with Gasteiger partial charge in [0.1, 0.15) is 0 Å². The van der Waals surface area contributed by atoms with Crippen LogP contribution >= 0.6 is 0 Å². The van der Waals surface area contributed by atoms with Crippen molar-refractivity contribution in [2.45, 2.75) is 52.2 Å². The summed E-state index contributed by atoms with van der Waals surface area (Å²) in [7, 11) is 0. The summed E-state index contributed by atoms with van der Waals surface area (Å²) in [6, 6.07) is 0.726. The van der Waals surface area contributed by atoms with Crippen LogP contribution < -0.4 is 5.32 Å². The third-order valence-corrected chi connectivity index (χ3v) is 3.13. The fraction of sp³-hybridized carbons (Fsp3) is 1.00. The summed E-state index contributed by atoms with van der Waals surface area (Å²) in [5, 5.41) is 3.49.